The van der Waals surface area contributed by atoms with Crippen LogP contribution in [-0.2, 0) is 0 Å². The summed E-state index contributed by atoms with van der Waals surface area (Å²) in [5.41, 5.74) is 5.31. The average Bonchev–Trinajstić information content (AvgIpc) is 2.79. The maximum atomic E-state index is 5.40. The van der Waals surface area contributed by atoms with E-state index < -0.39 is 0 Å². The number of benzene rings is 3. The van der Waals surface area contributed by atoms with Crippen LogP contribution >= 0.6 is 0 Å². The molecular formula is C25H26N4O. The number of nitrogens with zero attached hydrogens (tertiary/aromatic N) is 3. The van der Waals surface area contributed by atoms with E-state index in [0.29, 0.717) is 0 Å². The van der Waals surface area contributed by atoms with Gasteiger partial charge in [0.15, 0.2) is 0 Å². The van der Waals surface area contributed by atoms with Crippen LogP contribution in [-0.4, -0.2) is 50.2 Å². The number of ether oxygens (including phenoxy) is 1. The van der Waals surface area contributed by atoms with Crippen molar-refractivity contribution in [2.45, 2.75) is 0 Å². The summed E-state index contributed by atoms with van der Waals surface area (Å²) in [6, 6.07) is 23.1. The molecule has 1 aliphatic heterocycles. The lowest BCUT2D eigenvalue weighted by molar-refractivity contribution is 0.313. The second-order valence-corrected chi connectivity index (χ2v) is 7.85. The molecule has 5 heteroatoms. The number of pyridine rings is 1. The van der Waals surface area contributed by atoms with Crippen molar-refractivity contribution in [1.29, 1.82) is 0 Å². The van der Waals surface area contributed by atoms with Crippen LogP contribution in [0.4, 0.5) is 17.1 Å². The lowest BCUT2D eigenvalue weighted by atomic mass is 10.1. The first-order valence-electron chi connectivity index (χ1n) is 10.4. The molecule has 5 nitrogen and oxygen atoms in total. The molecule has 2 heterocycles. The van der Waals surface area contributed by atoms with Crippen LogP contribution in [0.25, 0.3) is 21.8 Å². The fourth-order valence-electron chi connectivity index (χ4n) is 4.10. The summed E-state index contributed by atoms with van der Waals surface area (Å²) in [5.74, 6) is 0.813. The zero-order valence-electron chi connectivity index (χ0n) is 17.4. The third-order valence-electron chi connectivity index (χ3n) is 5.89. The minimum Gasteiger partial charge on any atom is -0.497 e. The summed E-state index contributed by atoms with van der Waals surface area (Å²) in [7, 11) is 3.87. The van der Waals surface area contributed by atoms with Gasteiger partial charge in [0, 0.05) is 54.4 Å². The highest BCUT2D eigenvalue weighted by atomic mass is 16.5. The van der Waals surface area contributed by atoms with Crippen molar-refractivity contribution in [1.82, 2.24) is 9.88 Å². The molecule has 0 bridgehead atoms. The van der Waals surface area contributed by atoms with Gasteiger partial charge in [0.1, 0.15) is 5.75 Å². The Kier molecular flexibility index (Phi) is 4.89. The van der Waals surface area contributed by atoms with E-state index in [0.717, 1.165) is 65.1 Å². The van der Waals surface area contributed by atoms with Crippen molar-refractivity contribution < 1.29 is 4.74 Å². The molecule has 0 saturated carbocycles. The molecule has 4 aromatic rings. The summed E-state index contributed by atoms with van der Waals surface area (Å²) >= 11 is 0. The largest absolute Gasteiger partial charge is 0.497 e. The number of anilines is 3. The molecule has 152 valence electrons. The van der Waals surface area contributed by atoms with Gasteiger partial charge in [-0.15, -0.1) is 0 Å². The van der Waals surface area contributed by atoms with Crippen LogP contribution < -0.4 is 15.0 Å². The van der Waals surface area contributed by atoms with E-state index in [4.69, 9.17) is 9.72 Å². The highest BCUT2D eigenvalue weighted by molar-refractivity contribution is 6.08. The molecule has 30 heavy (non-hydrogen) atoms. The average molecular weight is 399 g/mol. The Labute approximate surface area is 176 Å². The second-order valence-electron chi connectivity index (χ2n) is 7.85. The standard InChI is InChI=1S/C25H26N4O/c1-28-13-15-29(16-14-28)19-9-7-18(8-10-19)26-25-21-5-3-4-6-23(21)27-24-17-20(30-2)11-12-22(24)25/h3-12,17H,13-16H2,1-2H3,(H,26,27). The topological polar surface area (TPSA) is 40.6 Å². The van der Waals surface area contributed by atoms with Crippen molar-refractivity contribution in [3.05, 3.63) is 66.7 Å². The third kappa shape index (κ3) is 3.53. The van der Waals surface area contributed by atoms with Gasteiger partial charge in [-0.1, -0.05) is 18.2 Å². The van der Waals surface area contributed by atoms with Crippen molar-refractivity contribution >= 4 is 38.9 Å². The first kappa shape index (κ1) is 18.7. The Hall–Kier alpha value is -3.31. The molecule has 1 N–H and O–H groups in total. The molecule has 0 amide bonds. The SMILES string of the molecule is COc1ccc2c(Nc3ccc(N4CCN(C)CC4)cc3)c3ccccc3nc2c1. The normalized spacial score (nSPS) is 14.9. The summed E-state index contributed by atoms with van der Waals surface area (Å²) in [5, 5.41) is 5.85. The number of likely N-dealkylation sites (N-methyl/N-ethyl adjacent to an activating group) is 1. The number of hydrogen-bond acceptors (Lipinski definition) is 5. The first-order valence-corrected chi connectivity index (χ1v) is 10.4. The maximum Gasteiger partial charge on any atom is 0.121 e. The van der Waals surface area contributed by atoms with E-state index in [9.17, 15) is 0 Å². The zero-order chi connectivity index (χ0) is 20.5. The van der Waals surface area contributed by atoms with E-state index in [1.54, 1.807) is 7.11 Å². The molecule has 0 spiro atoms. The van der Waals surface area contributed by atoms with E-state index in [1.807, 2.05) is 18.2 Å². The highest BCUT2D eigenvalue weighted by Gasteiger charge is 2.14. The van der Waals surface area contributed by atoms with Gasteiger partial charge in [-0.2, -0.15) is 0 Å². The van der Waals surface area contributed by atoms with Crippen LogP contribution in [0.1, 0.15) is 0 Å². The van der Waals surface area contributed by atoms with Gasteiger partial charge >= 0.3 is 0 Å². The number of rotatable bonds is 4. The van der Waals surface area contributed by atoms with E-state index in [-0.39, 0.29) is 0 Å². The predicted octanol–water partition coefficient (Wildman–Crippen LogP) is 4.89. The van der Waals surface area contributed by atoms with Crippen molar-refractivity contribution in [2.24, 2.45) is 0 Å². The van der Waals surface area contributed by atoms with Gasteiger partial charge in [0.05, 0.1) is 23.8 Å². The molecule has 1 fully saturated rings. The molecule has 5 rings (SSSR count). The van der Waals surface area contributed by atoms with E-state index >= 15 is 0 Å². The quantitative estimate of drug-likeness (QED) is 0.496. The molecule has 1 saturated heterocycles. The Morgan fingerprint density at radius 1 is 0.833 bits per heavy atom. The highest BCUT2D eigenvalue weighted by Crippen LogP contribution is 2.35. The lowest BCUT2D eigenvalue weighted by Crippen LogP contribution is -2.44. The summed E-state index contributed by atoms with van der Waals surface area (Å²) in [6.07, 6.45) is 0. The number of methoxy groups -OCH3 is 1. The molecule has 1 aromatic heterocycles. The fraction of sp³-hybridized carbons (Fsp3) is 0.240. The van der Waals surface area contributed by atoms with E-state index in [1.165, 1.54) is 5.69 Å². The van der Waals surface area contributed by atoms with Crippen molar-refractivity contribution in [2.75, 3.05) is 50.6 Å². The number of nitrogens with one attached hydrogen (secondary N) is 1. The lowest BCUT2D eigenvalue weighted by Gasteiger charge is -2.34. The molecule has 0 unspecified atom stereocenters. The minimum atomic E-state index is 0.813. The monoisotopic (exact) mass is 398 g/mol. The molecule has 0 atom stereocenters. The van der Waals surface area contributed by atoms with Gasteiger partial charge in [-0.25, -0.2) is 4.98 Å². The number of piperazine rings is 1. The van der Waals surface area contributed by atoms with Crippen LogP contribution in [0.2, 0.25) is 0 Å². The van der Waals surface area contributed by atoms with Crippen molar-refractivity contribution in [3.8, 4) is 5.75 Å². The minimum absolute atomic E-state index is 0.813. The molecule has 1 aliphatic rings. The maximum absolute atomic E-state index is 5.40. The van der Waals surface area contributed by atoms with Gasteiger partial charge in [0.25, 0.3) is 0 Å². The Balaban J connectivity index is 1.51. The van der Waals surface area contributed by atoms with Crippen LogP contribution in [0.15, 0.2) is 66.7 Å². The van der Waals surface area contributed by atoms with Gasteiger partial charge < -0.3 is 19.9 Å². The van der Waals surface area contributed by atoms with Gasteiger partial charge in [-0.3, -0.25) is 0 Å². The van der Waals surface area contributed by atoms with Gasteiger partial charge in [0.2, 0.25) is 0 Å². The molecular weight excluding hydrogens is 372 g/mol. The third-order valence-corrected chi connectivity index (χ3v) is 5.89. The Morgan fingerprint density at radius 3 is 2.33 bits per heavy atom. The Bertz CT molecular complexity index is 1180. The smallest absolute Gasteiger partial charge is 0.121 e. The summed E-state index contributed by atoms with van der Waals surface area (Å²) in [4.78, 5) is 9.67. The van der Waals surface area contributed by atoms with E-state index in [2.05, 4.69) is 70.7 Å². The van der Waals surface area contributed by atoms with Gasteiger partial charge in [-0.05, 0) is 49.5 Å². The van der Waals surface area contributed by atoms with Crippen molar-refractivity contribution in [3.63, 3.8) is 0 Å². The first-order chi connectivity index (χ1) is 14.7. The number of para-hydroxylation sites is 1. The zero-order valence-corrected chi connectivity index (χ0v) is 17.4. The Morgan fingerprint density at radius 2 is 1.57 bits per heavy atom. The van der Waals surface area contributed by atoms with Crippen LogP contribution in [0.5, 0.6) is 5.75 Å². The number of aromatic nitrogens is 1. The molecule has 3 aromatic carbocycles. The molecule has 0 radical (unpaired) electrons. The summed E-state index contributed by atoms with van der Waals surface area (Å²) in [6.45, 7) is 4.37. The second kappa shape index (κ2) is 7.84. The molecule has 0 aliphatic carbocycles. The van der Waals surface area contributed by atoms with Crippen LogP contribution in [0.3, 0.4) is 0 Å². The van der Waals surface area contributed by atoms with Crippen LogP contribution in [0, 0.1) is 0 Å². The predicted molar refractivity (Wildman–Crippen MR) is 125 cm³/mol. The summed E-state index contributed by atoms with van der Waals surface area (Å²) < 4.78 is 5.40. The number of hydrogen-bond donors (Lipinski definition) is 1. The number of fused-ring (bicyclic) bond motifs is 2. The fourth-order valence-corrected chi connectivity index (χ4v) is 4.10.